The first-order chi connectivity index (χ1) is 9.76. The fourth-order valence-electron chi connectivity index (χ4n) is 2.26. The van der Waals surface area contributed by atoms with Crippen LogP contribution in [0.4, 0.5) is 10.9 Å². The Balaban J connectivity index is 1.64. The Hall–Kier alpha value is -1.76. The molecule has 3 rings (SSSR count). The summed E-state index contributed by atoms with van der Waals surface area (Å²) < 4.78 is 4.35. The second-order valence-corrected chi connectivity index (χ2v) is 5.57. The second-order valence-electron chi connectivity index (χ2n) is 4.84. The summed E-state index contributed by atoms with van der Waals surface area (Å²) in [4.78, 5) is 17.7. The van der Waals surface area contributed by atoms with E-state index in [1.54, 1.807) is 6.33 Å². The Morgan fingerprint density at radius 2 is 1.90 bits per heavy atom. The van der Waals surface area contributed by atoms with Gasteiger partial charge < -0.3 is 9.80 Å². The van der Waals surface area contributed by atoms with Crippen LogP contribution >= 0.6 is 11.5 Å². The molecule has 0 saturated carbocycles. The van der Waals surface area contributed by atoms with Crippen LogP contribution in [0.1, 0.15) is 18.4 Å². The Morgan fingerprint density at radius 3 is 2.55 bits per heavy atom. The summed E-state index contributed by atoms with van der Waals surface area (Å²) in [7, 11) is 0. The summed E-state index contributed by atoms with van der Waals surface area (Å²) >= 11 is 1.50. The molecule has 2 aromatic heterocycles. The molecule has 20 heavy (non-hydrogen) atoms. The normalized spacial score (nSPS) is 15.7. The molecule has 0 atom stereocenters. The quantitative estimate of drug-likeness (QED) is 0.854. The van der Waals surface area contributed by atoms with E-state index in [9.17, 15) is 0 Å². The van der Waals surface area contributed by atoms with Gasteiger partial charge in [0.25, 0.3) is 0 Å². The zero-order chi connectivity index (χ0) is 13.9. The van der Waals surface area contributed by atoms with E-state index in [2.05, 4.69) is 36.0 Å². The first-order valence-electron chi connectivity index (χ1n) is 6.87. The molecule has 1 aliphatic heterocycles. The number of hydrogen-bond donors (Lipinski definition) is 0. The smallest absolute Gasteiger partial charge is 0.205 e. The standard InChI is InChI=1S/C13H18N6S/c1-3-11-16-13(20-17-11)19-6-4-18(5-7-19)12-8-10(2)14-9-15-12/h8-9H,3-7H2,1-2H3. The molecule has 2 aromatic rings. The monoisotopic (exact) mass is 290 g/mol. The van der Waals surface area contributed by atoms with Crippen molar-refractivity contribution < 1.29 is 0 Å². The summed E-state index contributed by atoms with van der Waals surface area (Å²) in [6, 6.07) is 2.04. The van der Waals surface area contributed by atoms with Gasteiger partial charge in [-0.3, -0.25) is 0 Å². The molecule has 1 aliphatic rings. The predicted molar refractivity (Wildman–Crippen MR) is 80.5 cm³/mol. The van der Waals surface area contributed by atoms with E-state index in [0.717, 1.165) is 55.1 Å². The highest BCUT2D eigenvalue weighted by atomic mass is 32.1. The van der Waals surface area contributed by atoms with Gasteiger partial charge >= 0.3 is 0 Å². The topological polar surface area (TPSA) is 58.0 Å². The summed E-state index contributed by atoms with van der Waals surface area (Å²) in [6.45, 7) is 7.91. The maximum absolute atomic E-state index is 4.55. The van der Waals surface area contributed by atoms with Crippen LogP contribution in [-0.4, -0.2) is 45.5 Å². The average molecular weight is 290 g/mol. The summed E-state index contributed by atoms with van der Waals surface area (Å²) in [5, 5.41) is 1.04. The molecule has 3 heterocycles. The van der Waals surface area contributed by atoms with Crippen molar-refractivity contribution in [1.29, 1.82) is 0 Å². The Labute approximate surface area is 122 Å². The van der Waals surface area contributed by atoms with Crippen molar-refractivity contribution in [2.75, 3.05) is 36.0 Å². The molecule has 0 unspecified atom stereocenters. The molecular formula is C13H18N6S. The van der Waals surface area contributed by atoms with Crippen molar-refractivity contribution in [3.05, 3.63) is 23.9 Å². The Morgan fingerprint density at radius 1 is 1.15 bits per heavy atom. The van der Waals surface area contributed by atoms with Gasteiger partial charge in [0.05, 0.1) is 0 Å². The highest BCUT2D eigenvalue weighted by Crippen LogP contribution is 2.21. The van der Waals surface area contributed by atoms with Gasteiger partial charge in [-0.2, -0.15) is 4.37 Å². The maximum atomic E-state index is 4.55. The number of piperazine rings is 1. The minimum atomic E-state index is 0.899. The van der Waals surface area contributed by atoms with Crippen LogP contribution in [-0.2, 0) is 6.42 Å². The van der Waals surface area contributed by atoms with Crippen LogP contribution in [0.15, 0.2) is 12.4 Å². The largest absolute Gasteiger partial charge is 0.353 e. The fourth-order valence-corrected chi connectivity index (χ4v) is 3.06. The van der Waals surface area contributed by atoms with Crippen molar-refractivity contribution in [1.82, 2.24) is 19.3 Å². The van der Waals surface area contributed by atoms with Crippen molar-refractivity contribution in [3.8, 4) is 0 Å². The second kappa shape index (κ2) is 5.70. The molecular weight excluding hydrogens is 272 g/mol. The minimum absolute atomic E-state index is 0.899. The third-order valence-corrected chi connectivity index (χ3v) is 4.25. The molecule has 106 valence electrons. The molecule has 7 heteroatoms. The maximum Gasteiger partial charge on any atom is 0.205 e. The van der Waals surface area contributed by atoms with E-state index in [4.69, 9.17) is 0 Å². The van der Waals surface area contributed by atoms with E-state index in [1.165, 1.54) is 11.5 Å². The third kappa shape index (κ3) is 2.72. The van der Waals surface area contributed by atoms with Crippen molar-refractivity contribution in [3.63, 3.8) is 0 Å². The van der Waals surface area contributed by atoms with E-state index < -0.39 is 0 Å². The summed E-state index contributed by atoms with van der Waals surface area (Å²) in [5.74, 6) is 1.96. The zero-order valence-electron chi connectivity index (χ0n) is 11.8. The van der Waals surface area contributed by atoms with Crippen LogP contribution in [0.25, 0.3) is 0 Å². The van der Waals surface area contributed by atoms with Gasteiger partial charge in [0.2, 0.25) is 5.13 Å². The van der Waals surface area contributed by atoms with Crippen molar-refractivity contribution in [2.24, 2.45) is 0 Å². The third-order valence-electron chi connectivity index (χ3n) is 3.44. The number of rotatable bonds is 3. The molecule has 1 fully saturated rings. The lowest BCUT2D eigenvalue weighted by Gasteiger charge is -2.35. The fraction of sp³-hybridized carbons (Fsp3) is 0.538. The van der Waals surface area contributed by atoms with Crippen LogP contribution in [0, 0.1) is 6.92 Å². The molecule has 0 aliphatic carbocycles. The first kappa shape index (κ1) is 13.2. The molecule has 1 saturated heterocycles. The Bertz CT molecular complexity index is 576. The van der Waals surface area contributed by atoms with Crippen LogP contribution < -0.4 is 9.80 Å². The lowest BCUT2D eigenvalue weighted by Crippen LogP contribution is -2.46. The molecule has 6 nitrogen and oxygen atoms in total. The highest BCUT2D eigenvalue weighted by Gasteiger charge is 2.20. The number of aryl methyl sites for hydroxylation is 2. The highest BCUT2D eigenvalue weighted by molar-refractivity contribution is 7.09. The van der Waals surface area contributed by atoms with Gasteiger partial charge in [-0.1, -0.05) is 6.92 Å². The molecule has 0 amide bonds. The summed E-state index contributed by atoms with van der Waals surface area (Å²) in [5.41, 5.74) is 1.01. The van der Waals surface area contributed by atoms with E-state index >= 15 is 0 Å². The number of anilines is 2. The number of hydrogen-bond acceptors (Lipinski definition) is 7. The van der Waals surface area contributed by atoms with Crippen LogP contribution in [0.5, 0.6) is 0 Å². The van der Waals surface area contributed by atoms with Crippen molar-refractivity contribution in [2.45, 2.75) is 20.3 Å². The number of nitrogens with zero attached hydrogens (tertiary/aromatic N) is 6. The van der Waals surface area contributed by atoms with Gasteiger partial charge in [0.1, 0.15) is 18.0 Å². The van der Waals surface area contributed by atoms with Crippen LogP contribution in [0.3, 0.4) is 0 Å². The van der Waals surface area contributed by atoms with E-state index in [-0.39, 0.29) is 0 Å². The molecule has 0 spiro atoms. The molecule has 0 N–H and O–H groups in total. The average Bonchev–Trinajstić information content (AvgIpc) is 2.96. The van der Waals surface area contributed by atoms with Gasteiger partial charge in [-0.05, 0) is 6.92 Å². The predicted octanol–water partition coefficient (Wildman–Crippen LogP) is 1.53. The summed E-state index contributed by atoms with van der Waals surface area (Å²) in [6.07, 6.45) is 2.53. The Kier molecular flexibility index (Phi) is 3.77. The molecule has 0 bridgehead atoms. The van der Waals surface area contributed by atoms with E-state index in [1.807, 2.05) is 13.0 Å². The van der Waals surface area contributed by atoms with Gasteiger partial charge in [-0.25, -0.2) is 15.0 Å². The van der Waals surface area contributed by atoms with Gasteiger partial charge in [0, 0.05) is 55.9 Å². The van der Waals surface area contributed by atoms with Crippen molar-refractivity contribution >= 4 is 22.5 Å². The van der Waals surface area contributed by atoms with E-state index in [0.29, 0.717) is 0 Å². The van der Waals surface area contributed by atoms with Crippen LogP contribution in [0.2, 0.25) is 0 Å². The molecule has 0 aromatic carbocycles. The van der Waals surface area contributed by atoms with Gasteiger partial charge in [0.15, 0.2) is 0 Å². The number of aromatic nitrogens is 4. The SMILES string of the molecule is CCc1nsc(N2CCN(c3cc(C)ncn3)CC2)n1. The zero-order valence-corrected chi connectivity index (χ0v) is 12.6. The lowest BCUT2D eigenvalue weighted by atomic mass is 10.3. The molecule has 0 radical (unpaired) electrons. The first-order valence-corrected chi connectivity index (χ1v) is 7.64. The lowest BCUT2D eigenvalue weighted by molar-refractivity contribution is 0.644. The minimum Gasteiger partial charge on any atom is -0.353 e. The van der Waals surface area contributed by atoms with Gasteiger partial charge in [-0.15, -0.1) is 0 Å².